The number of ketones is 1. The van der Waals surface area contributed by atoms with Gasteiger partial charge in [0.1, 0.15) is 11.6 Å². The van der Waals surface area contributed by atoms with Gasteiger partial charge < -0.3 is 9.88 Å². The number of anilines is 1. The van der Waals surface area contributed by atoms with Crippen molar-refractivity contribution in [3.63, 3.8) is 0 Å². The lowest BCUT2D eigenvalue weighted by Gasteiger charge is -2.24. The molecule has 1 fully saturated rings. The molecule has 0 spiro atoms. The number of carbonyl (C=O) groups is 1. The van der Waals surface area contributed by atoms with Gasteiger partial charge >= 0.3 is 0 Å². The van der Waals surface area contributed by atoms with Crippen molar-refractivity contribution in [2.24, 2.45) is 0 Å². The van der Waals surface area contributed by atoms with Gasteiger partial charge in [-0.2, -0.15) is 0 Å². The molecule has 0 bridgehead atoms. The number of Topliss-reactive ketones (excluding diaryl/α,β-unsaturated/α-hetero) is 1. The molecular weight excluding hydrogens is 345 g/mol. The van der Waals surface area contributed by atoms with Gasteiger partial charge in [0.05, 0.1) is 23.4 Å². The van der Waals surface area contributed by atoms with Crippen LogP contribution in [-0.2, 0) is 4.79 Å². The van der Waals surface area contributed by atoms with E-state index in [1.54, 1.807) is 31.7 Å². The Morgan fingerprint density at radius 3 is 2.56 bits per heavy atom. The van der Waals surface area contributed by atoms with Gasteiger partial charge in [-0.3, -0.25) is 4.79 Å². The molecule has 0 radical (unpaired) electrons. The Bertz CT molecular complexity index is 957. The van der Waals surface area contributed by atoms with Crippen LogP contribution in [0.4, 0.5) is 10.3 Å². The summed E-state index contributed by atoms with van der Waals surface area (Å²) in [5.74, 6) is 0.542. The molecule has 3 aromatic rings. The average Bonchev–Trinajstić information content (AvgIpc) is 3.14. The molecule has 1 aliphatic rings. The Morgan fingerprint density at radius 1 is 1.11 bits per heavy atom. The summed E-state index contributed by atoms with van der Waals surface area (Å²) >= 11 is 0. The summed E-state index contributed by atoms with van der Waals surface area (Å²) in [6.45, 7) is 0. The van der Waals surface area contributed by atoms with Crippen LogP contribution in [-0.4, -0.2) is 32.3 Å². The van der Waals surface area contributed by atoms with Crippen LogP contribution < -0.4 is 5.32 Å². The molecular formula is C20H20FN5O. The van der Waals surface area contributed by atoms with Gasteiger partial charge in [-0.1, -0.05) is 0 Å². The zero-order valence-electron chi connectivity index (χ0n) is 15.0. The first-order chi connectivity index (χ1) is 13.2. The monoisotopic (exact) mass is 365 g/mol. The molecule has 0 unspecified atom stereocenters. The van der Waals surface area contributed by atoms with Gasteiger partial charge in [0.25, 0.3) is 0 Å². The van der Waals surface area contributed by atoms with Gasteiger partial charge in [-0.05, 0) is 43.2 Å². The predicted molar refractivity (Wildman–Crippen MR) is 101 cm³/mol. The molecule has 2 heterocycles. The first kappa shape index (κ1) is 17.3. The van der Waals surface area contributed by atoms with Crippen LogP contribution in [0, 0.1) is 5.82 Å². The van der Waals surface area contributed by atoms with Crippen molar-refractivity contribution in [1.29, 1.82) is 0 Å². The summed E-state index contributed by atoms with van der Waals surface area (Å²) in [6, 6.07) is 8.32. The normalized spacial score (nSPS) is 15.1. The lowest BCUT2D eigenvalue weighted by molar-refractivity contribution is -0.120. The van der Waals surface area contributed by atoms with Gasteiger partial charge in [-0.15, -0.1) is 0 Å². The molecule has 1 aliphatic carbocycles. The fourth-order valence-electron chi connectivity index (χ4n) is 3.52. The summed E-state index contributed by atoms with van der Waals surface area (Å²) in [4.78, 5) is 25.0. The van der Waals surface area contributed by atoms with Crippen molar-refractivity contribution < 1.29 is 9.18 Å². The van der Waals surface area contributed by atoms with E-state index in [4.69, 9.17) is 0 Å². The molecule has 138 valence electrons. The third-order valence-electron chi connectivity index (χ3n) is 4.94. The minimum Gasteiger partial charge on any atom is -0.357 e. The number of halogens is 1. The number of imidazole rings is 1. The van der Waals surface area contributed by atoms with Crippen LogP contribution in [0.15, 0.2) is 42.9 Å². The molecule has 0 atom stereocenters. The quantitative estimate of drug-likeness (QED) is 0.760. The van der Waals surface area contributed by atoms with Gasteiger partial charge in [-0.25, -0.2) is 19.3 Å². The van der Waals surface area contributed by atoms with E-state index in [1.807, 2.05) is 6.07 Å². The summed E-state index contributed by atoms with van der Waals surface area (Å²) in [6.07, 6.45) is 6.24. The first-order valence-corrected chi connectivity index (χ1v) is 9.01. The third-order valence-corrected chi connectivity index (χ3v) is 4.94. The highest BCUT2D eigenvalue weighted by atomic mass is 19.1. The number of hydrogen-bond donors (Lipinski definition) is 1. The molecule has 1 aromatic carbocycles. The topological polar surface area (TPSA) is 72.7 Å². The largest absolute Gasteiger partial charge is 0.357 e. The third kappa shape index (κ3) is 3.45. The minimum absolute atomic E-state index is 0.187. The van der Waals surface area contributed by atoms with Crippen molar-refractivity contribution in [2.45, 2.75) is 31.7 Å². The van der Waals surface area contributed by atoms with Crippen molar-refractivity contribution >= 4 is 11.7 Å². The van der Waals surface area contributed by atoms with E-state index in [-0.39, 0.29) is 11.9 Å². The second-order valence-corrected chi connectivity index (χ2v) is 6.64. The molecule has 1 saturated carbocycles. The smallest absolute Gasteiger partial charge is 0.222 e. The number of nitrogens with zero attached hydrogens (tertiary/aromatic N) is 4. The van der Waals surface area contributed by atoms with Crippen molar-refractivity contribution in [1.82, 2.24) is 19.5 Å². The van der Waals surface area contributed by atoms with E-state index in [0.717, 1.165) is 35.5 Å². The Hall–Kier alpha value is -3.09. The first-order valence-electron chi connectivity index (χ1n) is 9.01. The number of aromatic nitrogens is 4. The highest BCUT2D eigenvalue weighted by molar-refractivity contribution is 5.80. The van der Waals surface area contributed by atoms with Gasteiger partial charge in [0, 0.05) is 37.7 Å². The van der Waals surface area contributed by atoms with E-state index in [9.17, 15) is 9.18 Å². The lowest BCUT2D eigenvalue weighted by Crippen LogP contribution is -2.18. The van der Waals surface area contributed by atoms with Crippen molar-refractivity contribution in [3.05, 3.63) is 48.7 Å². The van der Waals surface area contributed by atoms with Crippen LogP contribution in [0.2, 0.25) is 0 Å². The van der Waals surface area contributed by atoms with E-state index in [2.05, 4.69) is 24.8 Å². The minimum atomic E-state index is -0.287. The van der Waals surface area contributed by atoms with Crippen LogP contribution in [0.5, 0.6) is 0 Å². The Kier molecular flexibility index (Phi) is 4.66. The second kappa shape index (κ2) is 7.26. The molecule has 2 aromatic heterocycles. The van der Waals surface area contributed by atoms with Crippen molar-refractivity contribution in [3.8, 4) is 22.6 Å². The zero-order chi connectivity index (χ0) is 18.8. The zero-order valence-corrected chi connectivity index (χ0v) is 15.0. The number of benzene rings is 1. The standard InChI is InChI=1S/C20H20FN5O/c1-22-20-23-11-10-17(25-20)19-18(13-2-4-14(21)5-3-13)24-12-26(19)15-6-8-16(27)9-7-15/h2-5,10-12,15H,6-9H2,1H3,(H,22,23,25). The average molecular weight is 365 g/mol. The van der Waals surface area contributed by atoms with Gasteiger partial charge in [0.2, 0.25) is 5.95 Å². The summed E-state index contributed by atoms with van der Waals surface area (Å²) in [7, 11) is 1.77. The Balaban J connectivity index is 1.84. The van der Waals surface area contributed by atoms with Crippen LogP contribution in [0.1, 0.15) is 31.7 Å². The molecule has 7 heteroatoms. The van der Waals surface area contributed by atoms with Gasteiger partial charge in [0.15, 0.2) is 0 Å². The fourth-order valence-corrected chi connectivity index (χ4v) is 3.52. The van der Waals surface area contributed by atoms with E-state index in [1.165, 1.54) is 12.1 Å². The number of nitrogens with one attached hydrogen (secondary N) is 1. The highest BCUT2D eigenvalue weighted by Gasteiger charge is 2.25. The highest BCUT2D eigenvalue weighted by Crippen LogP contribution is 2.36. The summed E-state index contributed by atoms with van der Waals surface area (Å²) < 4.78 is 15.5. The predicted octanol–water partition coefficient (Wildman–Crippen LogP) is 3.87. The lowest BCUT2D eigenvalue weighted by atomic mass is 9.93. The van der Waals surface area contributed by atoms with Crippen LogP contribution in [0.25, 0.3) is 22.6 Å². The van der Waals surface area contributed by atoms with E-state index < -0.39 is 0 Å². The second-order valence-electron chi connectivity index (χ2n) is 6.64. The maximum Gasteiger partial charge on any atom is 0.222 e. The Morgan fingerprint density at radius 2 is 1.85 bits per heavy atom. The number of rotatable bonds is 4. The molecule has 1 N–H and O–H groups in total. The molecule has 27 heavy (non-hydrogen) atoms. The summed E-state index contributed by atoms with van der Waals surface area (Å²) in [5.41, 5.74) is 3.16. The maximum absolute atomic E-state index is 13.4. The van der Waals surface area contributed by atoms with E-state index in [0.29, 0.717) is 24.6 Å². The SMILES string of the molecule is CNc1nccc(-c2c(-c3ccc(F)cc3)ncn2C2CCC(=O)CC2)n1. The molecule has 4 rings (SSSR count). The molecule has 0 amide bonds. The fraction of sp³-hybridized carbons (Fsp3) is 0.300. The molecule has 6 nitrogen and oxygen atoms in total. The van der Waals surface area contributed by atoms with Crippen LogP contribution in [0.3, 0.4) is 0 Å². The molecule has 0 aliphatic heterocycles. The van der Waals surface area contributed by atoms with E-state index >= 15 is 0 Å². The van der Waals surface area contributed by atoms with Crippen LogP contribution >= 0.6 is 0 Å². The summed E-state index contributed by atoms with van der Waals surface area (Å²) in [5, 5.41) is 2.95. The number of carbonyl (C=O) groups excluding carboxylic acids is 1. The maximum atomic E-state index is 13.4. The molecule has 0 saturated heterocycles. The van der Waals surface area contributed by atoms with Crippen molar-refractivity contribution in [2.75, 3.05) is 12.4 Å². The number of hydrogen-bond acceptors (Lipinski definition) is 5. The Labute approximate surface area is 156 Å².